The highest BCUT2D eigenvalue weighted by atomic mass is 35.5. The molecule has 1 rings (SSSR count). The van der Waals surface area contributed by atoms with Crippen molar-refractivity contribution in [1.29, 1.82) is 0 Å². The van der Waals surface area contributed by atoms with Gasteiger partial charge < -0.3 is 10.6 Å². The zero-order chi connectivity index (χ0) is 11.4. The Morgan fingerprint density at radius 1 is 1.33 bits per heavy atom. The number of hydrogen-bond donors (Lipinski definition) is 1. The Bertz CT molecular complexity index is 319. The fourth-order valence-corrected chi connectivity index (χ4v) is 2.02. The molecule has 0 spiro atoms. The van der Waals surface area contributed by atoms with Crippen LogP contribution in [0.5, 0.6) is 0 Å². The van der Waals surface area contributed by atoms with Crippen LogP contribution in [-0.2, 0) is 0 Å². The van der Waals surface area contributed by atoms with Crippen LogP contribution < -0.4 is 10.6 Å². The number of rotatable bonds is 4. The highest BCUT2D eigenvalue weighted by Crippen LogP contribution is 2.26. The molecule has 1 aromatic carbocycles. The number of halogens is 1. The van der Waals surface area contributed by atoms with E-state index in [1.54, 1.807) is 0 Å². The first-order valence-electron chi connectivity index (χ1n) is 5.40. The molecule has 3 heteroatoms. The van der Waals surface area contributed by atoms with Gasteiger partial charge in [0.25, 0.3) is 0 Å². The van der Waals surface area contributed by atoms with Crippen LogP contribution in [0.4, 0.5) is 5.69 Å². The summed E-state index contributed by atoms with van der Waals surface area (Å²) in [6, 6.07) is 6.08. The number of anilines is 1. The van der Waals surface area contributed by atoms with E-state index in [1.165, 1.54) is 0 Å². The quantitative estimate of drug-likeness (QED) is 0.855. The second-order valence-electron chi connectivity index (χ2n) is 3.67. The van der Waals surface area contributed by atoms with Gasteiger partial charge in [-0.05, 0) is 38.5 Å². The molecule has 0 bridgehead atoms. The average molecular weight is 227 g/mol. The van der Waals surface area contributed by atoms with Gasteiger partial charge in [0.15, 0.2) is 0 Å². The largest absolute Gasteiger partial charge is 0.372 e. The topological polar surface area (TPSA) is 29.3 Å². The lowest BCUT2D eigenvalue weighted by molar-refractivity contribution is 0.815. The highest BCUT2D eigenvalue weighted by molar-refractivity contribution is 6.31. The van der Waals surface area contributed by atoms with Gasteiger partial charge in [0, 0.05) is 29.8 Å². The maximum absolute atomic E-state index is 6.18. The third-order valence-corrected chi connectivity index (χ3v) is 2.93. The van der Waals surface area contributed by atoms with Crippen molar-refractivity contribution in [2.75, 3.05) is 18.0 Å². The number of nitrogens with two attached hydrogens (primary N) is 1. The first-order chi connectivity index (χ1) is 7.10. The summed E-state index contributed by atoms with van der Waals surface area (Å²) < 4.78 is 0. The van der Waals surface area contributed by atoms with Crippen LogP contribution in [-0.4, -0.2) is 13.1 Å². The molecule has 2 N–H and O–H groups in total. The van der Waals surface area contributed by atoms with Crippen LogP contribution in [0, 0.1) is 0 Å². The molecule has 1 atom stereocenters. The Morgan fingerprint density at radius 3 is 2.33 bits per heavy atom. The van der Waals surface area contributed by atoms with Crippen LogP contribution in [0.15, 0.2) is 18.2 Å². The summed E-state index contributed by atoms with van der Waals surface area (Å²) in [6.45, 7) is 8.20. The third-order valence-electron chi connectivity index (χ3n) is 2.60. The molecular weight excluding hydrogens is 208 g/mol. The van der Waals surface area contributed by atoms with Gasteiger partial charge >= 0.3 is 0 Å². The van der Waals surface area contributed by atoms with E-state index in [9.17, 15) is 0 Å². The fraction of sp³-hybridized carbons (Fsp3) is 0.500. The molecule has 1 aromatic rings. The van der Waals surface area contributed by atoms with Crippen LogP contribution in [0.2, 0.25) is 5.02 Å². The van der Waals surface area contributed by atoms with Gasteiger partial charge in [-0.1, -0.05) is 17.7 Å². The molecule has 0 amide bonds. The summed E-state index contributed by atoms with van der Waals surface area (Å²) >= 11 is 6.18. The van der Waals surface area contributed by atoms with E-state index >= 15 is 0 Å². The highest BCUT2D eigenvalue weighted by Gasteiger charge is 2.08. The van der Waals surface area contributed by atoms with Crippen molar-refractivity contribution in [3.8, 4) is 0 Å². The van der Waals surface area contributed by atoms with Crippen molar-refractivity contribution in [1.82, 2.24) is 0 Å². The van der Waals surface area contributed by atoms with Crippen molar-refractivity contribution in [3.63, 3.8) is 0 Å². The van der Waals surface area contributed by atoms with Crippen molar-refractivity contribution < 1.29 is 0 Å². The summed E-state index contributed by atoms with van der Waals surface area (Å²) in [5.74, 6) is 0. The minimum absolute atomic E-state index is 0.0109. The Labute approximate surface area is 97.0 Å². The molecule has 0 aromatic heterocycles. The van der Waals surface area contributed by atoms with Gasteiger partial charge in [-0.25, -0.2) is 0 Å². The Hall–Kier alpha value is -0.730. The predicted molar refractivity (Wildman–Crippen MR) is 67.6 cm³/mol. The monoisotopic (exact) mass is 226 g/mol. The number of hydrogen-bond acceptors (Lipinski definition) is 2. The van der Waals surface area contributed by atoms with E-state index in [1.807, 2.05) is 19.1 Å². The molecule has 84 valence electrons. The molecule has 0 aliphatic heterocycles. The lowest BCUT2D eigenvalue weighted by atomic mass is 10.1. The SMILES string of the molecule is CCN(CC)c1ccc(C(C)N)c(Cl)c1. The summed E-state index contributed by atoms with van der Waals surface area (Å²) in [5, 5.41) is 0.759. The normalized spacial score (nSPS) is 12.6. The Kier molecular flexibility index (Phi) is 4.43. The van der Waals surface area contributed by atoms with E-state index < -0.39 is 0 Å². The second-order valence-corrected chi connectivity index (χ2v) is 4.07. The molecule has 1 unspecified atom stereocenters. The molecule has 0 fully saturated rings. The fourth-order valence-electron chi connectivity index (χ4n) is 1.67. The van der Waals surface area contributed by atoms with E-state index in [-0.39, 0.29) is 6.04 Å². The molecule has 0 saturated carbocycles. The molecule has 0 heterocycles. The first kappa shape index (κ1) is 12.3. The molecular formula is C12H19ClN2. The molecule has 0 radical (unpaired) electrons. The maximum Gasteiger partial charge on any atom is 0.0474 e. The van der Waals surface area contributed by atoms with Crippen LogP contribution in [0.25, 0.3) is 0 Å². The minimum atomic E-state index is -0.0109. The average Bonchev–Trinajstić information content (AvgIpc) is 2.19. The van der Waals surface area contributed by atoms with Crippen LogP contribution in [0.3, 0.4) is 0 Å². The third kappa shape index (κ3) is 2.86. The summed E-state index contributed by atoms with van der Waals surface area (Å²) in [4.78, 5) is 2.26. The maximum atomic E-state index is 6.18. The van der Waals surface area contributed by atoms with Gasteiger partial charge in [-0.3, -0.25) is 0 Å². The van der Waals surface area contributed by atoms with E-state index in [2.05, 4.69) is 24.8 Å². The van der Waals surface area contributed by atoms with Crippen molar-refractivity contribution in [2.45, 2.75) is 26.8 Å². The number of benzene rings is 1. The summed E-state index contributed by atoms with van der Waals surface area (Å²) in [5.41, 5.74) is 7.98. The van der Waals surface area contributed by atoms with E-state index in [4.69, 9.17) is 17.3 Å². The van der Waals surface area contributed by atoms with E-state index in [0.717, 1.165) is 29.4 Å². The molecule has 2 nitrogen and oxygen atoms in total. The zero-order valence-corrected chi connectivity index (χ0v) is 10.4. The summed E-state index contributed by atoms with van der Waals surface area (Å²) in [6.07, 6.45) is 0. The van der Waals surface area contributed by atoms with E-state index in [0.29, 0.717) is 0 Å². The van der Waals surface area contributed by atoms with Crippen molar-refractivity contribution in [2.24, 2.45) is 5.73 Å². The van der Waals surface area contributed by atoms with Gasteiger partial charge in [-0.2, -0.15) is 0 Å². The standard InChI is InChI=1S/C12H19ClN2/c1-4-15(5-2)10-6-7-11(9(3)14)12(13)8-10/h6-9H,4-5,14H2,1-3H3. The lowest BCUT2D eigenvalue weighted by Gasteiger charge is -2.22. The predicted octanol–water partition coefficient (Wildman–Crippen LogP) is 3.21. The van der Waals surface area contributed by atoms with Crippen molar-refractivity contribution in [3.05, 3.63) is 28.8 Å². The minimum Gasteiger partial charge on any atom is -0.372 e. The van der Waals surface area contributed by atoms with Crippen LogP contribution >= 0.6 is 11.6 Å². The van der Waals surface area contributed by atoms with Crippen molar-refractivity contribution >= 4 is 17.3 Å². The van der Waals surface area contributed by atoms with Gasteiger partial charge in [-0.15, -0.1) is 0 Å². The number of nitrogens with zero attached hydrogens (tertiary/aromatic N) is 1. The summed E-state index contributed by atoms with van der Waals surface area (Å²) in [7, 11) is 0. The first-order valence-corrected chi connectivity index (χ1v) is 5.77. The van der Waals surface area contributed by atoms with Crippen LogP contribution in [0.1, 0.15) is 32.4 Å². The molecule has 0 aliphatic carbocycles. The smallest absolute Gasteiger partial charge is 0.0474 e. The molecule has 0 saturated heterocycles. The van der Waals surface area contributed by atoms with Gasteiger partial charge in [0.2, 0.25) is 0 Å². The van der Waals surface area contributed by atoms with Gasteiger partial charge in [0.1, 0.15) is 0 Å². The molecule has 15 heavy (non-hydrogen) atoms. The lowest BCUT2D eigenvalue weighted by Crippen LogP contribution is -2.21. The zero-order valence-electron chi connectivity index (χ0n) is 9.63. The van der Waals surface area contributed by atoms with Gasteiger partial charge in [0.05, 0.1) is 0 Å². The molecule has 0 aliphatic rings. The Morgan fingerprint density at radius 2 is 1.93 bits per heavy atom. The second kappa shape index (κ2) is 5.38. The Balaban J connectivity index is 3.00.